The van der Waals surface area contributed by atoms with E-state index in [0.717, 1.165) is 28.6 Å². The number of hydrogen-bond acceptors (Lipinski definition) is 5. The van der Waals surface area contributed by atoms with Gasteiger partial charge in [-0.05, 0) is 49.6 Å². The zero-order valence-electron chi connectivity index (χ0n) is 17.2. The Balaban J connectivity index is 1.24. The van der Waals surface area contributed by atoms with E-state index < -0.39 is 5.60 Å². The van der Waals surface area contributed by atoms with Gasteiger partial charge in [0.25, 0.3) is 11.8 Å². The quantitative estimate of drug-likeness (QED) is 0.709. The van der Waals surface area contributed by atoms with Gasteiger partial charge in [0, 0.05) is 49.5 Å². The number of pyridine rings is 2. The Kier molecular flexibility index (Phi) is 4.90. The van der Waals surface area contributed by atoms with Gasteiger partial charge in [-0.15, -0.1) is 0 Å². The topological polar surface area (TPSA) is 86.6 Å². The average molecular weight is 416 g/mol. The lowest BCUT2D eigenvalue weighted by Crippen LogP contribution is -2.58. The molecule has 0 bridgehead atoms. The van der Waals surface area contributed by atoms with E-state index in [4.69, 9.17) is 0 Å². The van der Waals surface area contributed by atoms with Crippen molar-refractivity contribution < 1.29 is 14.7 Å². The predicted octanol–water partition coefficient (Wildman–Crippen LogP) is 2.50. The van der Waals surface area contributed by atoms with Crippen LogP contribution in [-0.2, 0) is 4.79 Å². The standard InChI is InChI=1S/C24H24N4O3/c29-22(27-11-13-28(14-12-27)23(30)24(31)8-2-9-24)19-5-7-21(26-16-19)18-4-6-20-17(15-18)3-1-10-25-20/h1,3-7,10,15-16,31H,2,8-9,11-14H2. The third kappa shape index (κ3) is 3.65. The summed E-state index contributed by atoms with van der Waals surface area (Å²) in [6.07, 6.45) is 5.35. The molecule has 1 saturated heterocycles. The monoisotopic (exact) mass is 416 g/mol. The number of aliphatic hydroxyl groups is 1. The molecule has 0 unspecified atom stereocenters. The van der Waals surface area contributed by atoms with Crippen molar-refractivity contribution in [2.75, 3.05) is 26.2 Å². The first-order valence-electron chi connectivity index (χ1n) is 10.7. The Morgan fingerprint density at radius 3 is 2.39 bits per heavy atom. The van der Waals surface area contributed by atoms with Gasteiger partial charge in [-0.1, -0.05) is 12.1 Å². The van der Waals surface area contributed by atoms with E-state index in [9.17, 15) is 14.7 Å². The maximum atomic E-state index is 12.9. The van der Waals surface area contributed by atoms with E-state index in [1.165, 1.54) is 0 Å². The van der Waals surface area contributed by atoms with Crippen LogP contribution < -0.4 is 0 Å². The van der Waals surface area contributed by atoms with Gasteiger partial charge in [-0.25, -0.2) is 0 Å². The number of fused-ring (bicyclic) bond motifs is 1. The number of aromatic nitrogens is 2. The number of hydrogen-bond donors (Lipinski definition) is 1. The second kappa shape index (κ2) is 7.74. The fraction of sp³-hybridized carbons (Fsp3) is 0.333. The van der Waals surface area contributed by atoms with Crippen LogP contribution in [0, 0.1) is 0 Å². The highest BCUT2D eigenvalue weighted by atomic mass is 16.3. The van der Waals surface area contributed by atoms with Gasteiger partial charge in [-0.3, -0.25) is 19.6 Å². The van der Waals surface area contributed by atoms with Crippen LogP contribution in [0.3, 0.4) is 0 Å². The minimum Gasteiger partial charge on any atom is -0.380 e. The summed E-state index contributed by atoms with van der Waals surface area (Å²) in [7, 11) is 0. The van der Waals surface area contributed by atoms with Gasteiger partial charge in [0.15, 0.2) is 0 Å². The SMILES string of the molecule is O=C(c1ccc(-c2ccc3ncccc3c2)nc1)N1CCN(C(=O)C2(O)CCC2)CC1. The van der Waals surface area contributed by atoms with Crippen molar-refractivity contribution >= 4 is 22.7 Å². The van der Waals surface area contributed by atoms with Crippen LogP contribution in [0.15, 0.2) is 54.9 Å². The second-order valence-corrected chi connectivity index (χ2v) is 8.31. The van der Waals surface area contributed by atoms with Crippen molar-refractivity contribution in [2.45, 2.75) is 24.9 Å². The molecule has 3 aromatic rings. The highest BCUT2D eigenvalue weighted by Gasteiger charge is 2.45. The zero-order chi connectivity index (χ0) is 21.4. The molecule has 2 fully saturated rings. The van der Waals surface area contributed by atoms with E-state index >= 15 is 0 Å². The summed E-state index contributed by atoms with van der Waals surface area (Å²) in [5.74, 6) is -0.279. The molecule has 2 aliphatic rings. The van der Waals surface area contributed by atoms with Gasteiger partial charge in [-0.2, -0.15) is 0 Å². The van der Waals surface area contributed by atoms with E-state index in [2.05, 4.69) is 9.97 Å². The molecule has 7 nitrogen and oxygen atoms in total. The summed E-state index contributed by atoms with van der Waals surface area (Å²) in [5, 5.41) is 11.3. The Morgan fingerprint density at radius 2 is 1.71 bits per heavy atom. The number of amides is 2. The molecule has 3 heterocycles. The van der Waals surface area contributed by atoms with Crippen molar-refractivity contribution in [3.63, 3.8) is 0 Å². The number of benzene rings is 1. The molecule has 1 aliphatic carbocycles. The number of piperazine rings is 1. The summed E-state index contributed by atoms with van der Waals surface area (Å²) in [6, 6.07) is 13.6. The van der Waals surface area contributed by atoms with E-state index in [-0.39, 0.29) is 11.8 Å². The molecule has 2 amide bonds. The van der Waals surface area contributed by atoms with Crippen molar-refractivity contribution in [3.05, 3.63) is 60.4 Å². The molecule has 0 radical (unpaired) electrons. The molecular weight excluding hydrogens is 392 g/mol. The molecule has 0 spiro atoms. The minimum absolute atomic E-state index is 0.0868. The average Bonchev–Trinajstić information content (AvgIpc) is 2.81. The summed E-state index contributed by atoms with van der Waals surface area (Å²) >= 11 is 0. The number of nitrogens with zero attached hydrogens (tertiary/aromatic N) is 4. The third-order valence-electron chi connectivity index (χ3n) is 6.34. The second-order valence-electron chi connectivity index (χ2n) is 8.31. The first-order chi connectivity index (χ1) is 15.0. The minimum atomic E-state index is -1.18. The summed E-state index contributed by atoms with van der Waals surface area (Å²) in [4.78, 5) is 37.6. The third-order valence-corrected chi connectivity index (χ3v) is 6.34. The molecule has 158 valence electrons. The maximum absolute atomic E-state index is 12.9. The fourth-order valence-electron chi connectivity index (χ4n) is 4.24. The molecule has 7 heteroatoms. The Bertz CT molecular complexity index is 1130. The molecule has 1 saturated carbocycles. The van der Waals surface area contributed by atoms with Crippen LogP contribution in [0.4, 0.5) is 0 Å². The van der Waals surface area contributed by atoms with E-state index in [0.29, 0.717) is 44.6 Å². The highest BCUT2D eigenvalue weighted by Crippen LogP contribution is 2.33. The summed E-state index contributed by atoms with van der Waals surface area (Å²) in [6.45, 7) is 1.81. The van der Waals surface area contributed by atoms with Gasteiger partial charge >= 0.3 is 0 Å². The summed E-state index contributed by atoms with van der Waals surface area (Å²) < 4.78 is 0. The Morgan fingerprint density at radius 1 is 0.935 bits per heavy atom. The van der Waals surface area contributed by atoms with Gasteiger partial charge in [0.1, 0.15) is 5.60 Å². The van der Waals surface area contributed by atoms with Crippen LogP contribution in [-0.4, -0.2) is 68.5 Å². The van der Waals surface area contributed by atoms with Crippen molar-refractivity contribution in [1.82, 2.24) is 19.8 Å². The first kappa shape index (κ1) is 19.6. The van der Waals surface area contributed by atoms with Crippen molar-refractivity contribution in [3.8, 4) is 11.3 Å². The Hall–Kier alpha value is -3.32. The molecule has 2 aromatic heterocycles. The largest absolute Gasteiger partial charge is 0.380 e. The summed E-state index contributed by atoms with van der Waals surface area (Å²) in [5.41, 5.74) is 2.06. The predicted molar refractivity (Wildman–Crippen MR) is 116 cm³/mol. The van der Waals surface area contributed by atoms with Crippen molar-refractivity contribution in [2.24, 2.45) is 0 Å². The number of carbonyl (C=O) groups excluding carboxylic acids is 2. The smallest absolute Gasteiger partial charge is 0.255 e. The molecule has 5 rings (SSSR count). The lowest BCUT2D eigenvalue weighted by molar-refractivity contribution is -0.161. The van der Waals surface area contributed by atoms with E-state index in [1.54, 1.807) is 28.3 Å². The van der Waals surface area contributed by atoms with Crippen LogP contribution >= 0.6 is 0 Å². The first-order valence-corrected chi connectivity index (χ1v) is 10.7. The lowest BCUT2D eigenvalue weighted by atomic mass is 9.79. The van der Waals surface area contributed by atoms with Crippen LogP contribution in [0.1, 0.15) is 29.6 Å². The normalized spacial score (nSPS) is 18.0. The fourth-order valence-corrected chi connectivity index (χ4v) is 4.24. The Labute approximate surface area is 180 Å². The number of carbonyl (C=O) groups is 2. The van der Waals surface area contributed by atoms with Crippen LogP contribution in [0.5, 0.6) is 0 Å². The van der Waals surface area contributed by atoms with E-state index in [1.807, 2.05) is 36.4 Å². The molecule has 1 aromatic carbocycles. The number of rotatable bonds is 3. The molecular formula is C24H24N4O3. The molecule has 0 atom stereocenters. The van der Waals surface area contributed by atoms with Gasteiger partial charge < -0.3 is 14.9 Å². The molecule has 1 N–H and O–H groups in total. The zero-order valence-corrected chi connectivity index (χ0v) is 17.2. The van der Waals surface area contributed by atoms with Crippen molar-refractivity contribution in [1.29, 1.82) is 0 Å². The maximum Gasteiger partial charge on any atom is 0.255 e. The van der Waals surface area contributed by atoms with Crippen LogP contribution in [0.25, 0.3) is 22.2 Å². The lowest BCUT2D eigenvalue weighted by Gasteiger charge is -2.42. The molecule has 1 aliphatic heterocycles. The highest BCUT2D eigenvalue weighted by molar-refractivity contribution is 5.94. The van der Waals surface area contributed by atoms with Gasteiger partial charge in [0.2, 0.25) is 0 Å². The van der Waals surface area contributed by atoms with Crippen LogP contribution in [0.2, 0.25) is 0 Å². The molecule has 31 heavy (non-hydrogen) atoms. The van der Waals surface area contributed by atoms with Gasteiger partial charge in [0.05, 0.1) is 16.8 Å².